The van der Waals surface area contributed by atoms with Gasteiger partial charge in [0.2, 0.25) is 5.91 Å². The number of hydrogen-bond donors (Lipinski definition) is 5. The van der Waals surface area contributed by atoms with Gasteiger partial charge in [-0.25, -0.2) is 4.98 Å². The van der Waals surface area contributed by atoms with Gasteiger partial charge in [0.15, 0.2) is 0 Å². The molecule has 0 fully saturated rings. The van der Waals surface area contributed by atoms with Crippen LogP contribution in [0.2, 0.25) is 0 Å². The van der Waals surface area contributed by atoms with E-state index in [9.17, 15) is 29.7 Å². The Morgan fingerprint density at radius 3 is 2.37 bits per heavy atom. The zero-order valence-electron chi connectivity index (χ0n) is 24.3. The minimum atomic E-state index is -1.84. The molecule has 0 saturated heterocycles. The quantitative estimate of drug-likeness (QED) is 0.122. The lowest BCUT2D eigenvalue weighted by Gasteiger charge is -2.23. The van der Waals surface area contributed by atoms with Crippen LogP contribution in [0.5, 0.6) is 0 Å². The van der Waals surface area contributed by atoms with Gasteiger partial charge in [-0.05, 0) is 62.8 Å². The molecular weight excluding hydrogens is 547 g/mol. The van der Waals surface area contributed by atoms with Crippen molar-refractivity contribution in [1.82, 2.24) is 25.9 Å². The van der Waals surface area contributed by atoms with Crippen LogP contribution < -0.4 is 16.0 Å². The highest BCUT2D eigenvalue weighted by molar-refractivity contribution is 6.43. The molecule has 2 atom stereocenters. The molecule has 2 aromatic carbocycles. The Morgan fingerprint density at radius 1 is 1.02 bits per heavy atom. The van der Waals surface area contributed by atoms with Crippen molar-refractivity contribution in [3.05, 3.63) is 101 Å². The lowest BCUT2D eigenvalue weighted by Crippen LogP contribution is -2.54. The van der Waals surface area contributed by atoms with Crippen LogP contribution in [0.1, 0.15) is 54.4 Å². The van der Waals surface area contributed by atoms with E-state index >= 15 is 0 Å². The summed E-state index contributed by atoms with van der Waals surface area (Å²) < 4.78 is 0. The summed E-state index contributed by atoms with van der Waals surface area (Å²) in [4.78, 5) is 46.7. The number of nitrogens with zero attached hydrogens (tertiary/aromatic N) is 3. The average Bonchev–Trinajstić information content (AvgIpc) is 2.97. The first-order valence-electron chi connectivity index (χ1n) is 13.8. The first-order valence-corrected chi connectivity index (χ1v) is 13.8. The van der Waals surface area contributed by atoms with E-state index in [4.69, 9.17) is 0 Å². The van der Waals surface area contributed by atoms with Crippen LogP contribution in [-0.2, 0) is 22.4 Å². The maximum absolute atomic E-state index is 13.4. The van der Waals surface area contributed by atoms with Crippen molar-refractivity contribution in [2.75, 3.05) is 0 Å². The molecule has 0 radical (unpaired) electrons. The topological polar surface area (TPSA) is 177 Å². The number of benzene rings is 2. The molecule has 43 heavy (non-hydrogen) atoms. The number of carbonyl (C=O) groups is 3. The average molecular weight is 582 g/mol. The predicted molar refractivity (Wildman–Crippen MR) is 162 cm³/mol. The molecule has 12 heteroatoms. The molecule has 0 aliphatic carbocycles. The van der Waals surface area contributed by atoms with E-state index in [1.165, 1.54) is 24.7 Å². The zero-order chi connectivity index (χ0) is 31.4. The largest absolute Gasteiger partial charge is 0.475 e. The molecule has 5 N–H and O–H groups in total. The lowest BCUT2D eigenvalue weighted by atomic mass is 9.75. The van der Waals surface area contributed by atoms with Crippen LogP contribution in [0.25, 0.3) is 6.08 Å². The Bertz CT molecular complexity index is 1470. The number of aromatic nitrogens is 2. The fraction of sp³-hybridized carbons (Fsp3) is 0.290. The Hall–Kier alpha value is -4.86. The smallest absolute Gasteiger partial charge is 0.426 e. The maximum atomic E-state index is 13.4. The standard InChI is InChI=1S/C31H35BN6O5/c1-31(2,3)38-28(39)24(19-33)17-23-11-7-10-22(16-23)12-13-25(36-30(41)26-20-34-14-15-35-26)29(40)37-27(32(42)43)18-21-8-5-4-6-9-21/h4-11,14-17,20,25,27,42-43H,12-13,18H2,1-3H3,(H,36,41)(H,37,40)(H,38,39)/t25-,27+/m1/s1. The van der Waals surface area contributed by atoms with E-state index in [1.807, 2.05) is 51.1 Å². The number of nitrogens with one attached hydrogen (secondary N) is 3. The molecule has 0 unspecified atom stereocenters. The van der Waals surface area contributed by atoms with Gasteiger partial charge >= 0.3 is 7.12 Å². The summed E-state index contributed by atoms with van der Waals surface area (Å²) in [6.45, 7) is 5.46. The normalized spacial score (nSPS) is 12.8. The molecule has 0 aliphatic rings. The second kappa shape index (κ2) is 15.4. The van der Waals surface area contributed by atoms with Crippen molar-refractivity contribution in [3.8, 4) is 6.07 Å². The summed E-state index contributed by atoms with van der Waals surface area (Å²) in [7, 11) is -1.84. The van der Waals surface area contributed by atoms with Crippen LogP contribution >= 0.6 is 0 Å². The van der Waals surface area contributed by atoms with Crippen molar-refractivity contribution in [2.45, 2.75) is 57.6 Å². The summed E-state index contributed by atoms with van der Waals surface area (Å²) in [6.07, 6.45) is 6.19. The minimum Gasteiger partial charge on any atom is -0.426 e. The van der Waals surface area contributed by atoms with Gasteiger partial charge in [-0.1, -0.05) is 54.6 Å². The first-order chi connectivity index (χ1) is 20.4. The molecule has 1 heterocycles. The van der Waals surface area contributed by atoms with Gasteiger partial charge in [-0.2, -0.15) is 5.26 Å². The van der Waals surface area contributed by atoms with Gasteiger partial charge in [0.05, 0.1) is 12.1 Å². The molecule has 0 spiro atoms. The third-order valence-corrected chi connectivity index (χ3v) is 6.24. The maximum Gasteiger partial charge on any atom is 0.475 e. The number of aryl methyl sites for hydroxylation is 1. The molecule has 0 saturated carbocycles. The van der Waals surface area contributed by atoms with E-state index in [0.717, 1.165) is 11.1 Å². The van der Waals surface area contributed by atoms with Crippen LogP contribution in [0.15, 0.2) is 78.8 Å². The summed E-state index contributed by atoms with van der Waals surface area (Å²) in [5.41, 5.74) is 1.66. The number of amides is 3. The van der Waals surface area contributed by atoms with Gasteiger partial charge in [-0.15, -0.1) is 0 Å². The molecular formula is C31H35BN6O5. The molecule has 0 bridgehead atoms. The Balaban J connectivity index is 1.79. The number of rotatable bonds is 12. The second-order valence-electron chi connectivity index (χ2n) is 11.0. The highest BCUT2D eigenvalue weighted by Crippen LogP contribution is 2.14. The van der Waals surface area contributed by atoms with E-state index in [-0.39, 0.29) is 24.1 Å². The Morgan fingerprint density at radius 2 is 1.74 bits per heavy atom. The van der Waals surface area contributed by atoms with Crippen molar-refractivity contribution in [1.29, 1.82) is 5.26 Å². The number of nitriles is 1. The lowest BCUT2D eigenvalue weighted by molar-refractivity contribution is -0.123. The van der Waals surface area contributed by atoms with Crippen molar-refractivity contribution < 1.29 is 24.4 Å². The van der Waals surface area contributed by atoms with Crippen LogP contribution in [-0.4, -0.2) is 62.4 Å². The van der Waals surface area contributed by atoms with Crippen LogP contribution in [0.3, 0.4) is 0 Å². The molecule has 1 aromatic heterocycles. The van der Waals surface area contributed by atoms with Crippen LogP contribution in [0.4, 0.5) is 0 Å². The van der Waals surface area contributed by atoms with E-state index < -0.39 is 42.4 Å². The fourth-order valence-electron chi connectivity index (χ4n) is 4.17. The van der Waals surface area contributed by atoms with E-state index in [1.54, 1.807) is 30.3 Å². The monoisotopic (exact) mass is 582 g/mol. The fourth-order valence-corrected chi connectivity index (χ4v) is 4.17. The summed E-state index contributed by atoms with van der Waals surface area (Å²) in [6, 6.07) is 17.1. The minimum absolute atomic E-state index is 0.0213. The van der Waals surface area contributed by atoms with E-state index in [0.29, 0.717) is 12.0 Å². The summed E-state index contributed by atoms with van der Waals surface area (Å²) in [5.74, 6) is -2.73. The summed E-state index contributed by atoms with van der Waals surface area (Å²) in [5, 5.41) is 37.6. The van der Waals surface area contributed by atoms with E-state index in [2.05, 4.69) is 25.9 Å². The SMILES string of the molecule is CC(C)(C)NC(=O)C(C#N)=Cc1cccc(CC[C@@H](NC(=O)c2cnccn2)C(=O)N[C@@H](Cc2ccccc2)B(O)O)c1. The van der Waals surface area contributed by atoms with Gasteiger partial charge in [0.1, 0.15) is 23.4 Å². The third kappa shape index (κ3) is 10.8. The number of carbonyl (C=O) groups excluding carboxylic acids is 3. The number of hydrogen-bond acceptors (Lipinski definition) is 8. The van der Waals surface area contributed by atoms with Gasteiger partial charge in [0.25, 0.3) is 11.8 Å². The molecule has 3 amide bonds. The van der Waals surface area contributed by atoms with Gasteiger partial charge < -0.3 is 26.0 Å². The summed E-state index contributed by atoms with van der Waals surface area (Å²) >= 11 is 0. The Labute approximate surface area is 251 Å². The molecule has 222 valence electrons. The van der Waals surface area contributed by atoms with Crippen molar-refractivity contribution >= 4 is 30.9 Å². The molecule has 11 nitrogen and oxygen atoms in total. The van der Waals surface area contributed by atoms with Gasteiger partial charge in [0, 0.05) is 17.9 Å². The zero-order valence-corrected chi connectivity index (χ0v) is 24.3. The van der Waals surface area contributed by atoms with Crippen LogP contribution in [0, 0.1) is 11.3 Å². The predicted octanol–water partition coefficient (Wildman–Crippen LogP) is 1.77. The molecule has 3 rings (SSSR count). The molecule has 0 aliphatic heterocycles. The highest BCUT2D eigenvalue weighted by atomic mass is 16.4. The van der Waals surface area contributed by atoms with Crippen molar-refractivity contribution in [3.63, 3.8) is 0 Å². The molecule has 3 aromatic rings. The Kier molecular flexibility index (Phi) is 11.7. The van der Waals surface area contributed by atoms with Crippen molar-refractivity contribution in [2.24, 2.45) is 0 Å². The third-order valence-electron chi connectivity index (χ3n) is 6.24. The highest BCUT2D eigenvalue weighted by Gasteiger charge is 2.30. The first kappa shape index (κ1) is 32.7. The second-order valence-corrected chi connectivity index (χ2v) is 11.0. The van der Waals surface area contributed by atoms with Gasteiger partial charge in [-0.3, -0.25) is 19.4 Å².